The number of halogens is 1. The predicted molar refractivity (Wildman–Crippen MR) is 114 cm³/mol. The van der Waals surface area contributed by atoms with E-state index in [2.05, 4.69) is 15.5 Å². The Morgan fingerprint density at radius 1 is 1.30 bits per heavy atom. The lowest BCUT2D eigenvalue weighted by atomic mass is 10.2. The van der Waals surface area contributed by atoms with Crippen LogP contribution in [0.25, 0.3) is 5.69 Å². The first-order chi connectivity index (χ1) is 14.3. The molecule has 0 aliphatic rings. The minimum Gasteiger partial charge on any atom is -0.465 e. The van der Waals surface area contributed by atoms with Gasteiger partial charge in [0, 0.05) is 23.0 Å². The van der Waals surface area contributed by atoms with Gasteiger partial charge in [-0.2, -0.15) is 5.10 Å². The molecule has 3 rings (SSSR count). The molecule has 0 amide bonds. The Hall–Kier alpha value is -3.72. The fourth-order valence-electron chi connectivity index (χ4n) is 2.95. The Balaban J connectivity index is 1.86. The normalized spacial score (nSPS) is 10.9. The highest BCUT2D eigenvalue weighted by atomic mass is 35.5. The largest absolute Gasteiger partial charge is 0.465 e. The molecule has 0 fully saturated rings. The minimum absolute atomic E-state index is 0.0980. The number of anilines is 1. The van der Waals surface area contributed by atoms with Crippen molar-refractivity contribution in [1.82, 2.24) is 9.55 Å². The molecule has 1 aromatic carbocycles. The van der Waals surface area contributed by atoms with Crippen LogP contribution in [0.5, 0.6) is 0 Å². The van der Waals surface area contributed by atoms with Gasteiger partial charge in [-0.1, -0.05) is 11.6 Å². The number of nitrogens with one attached hydrogen (secondary N) is 1. The summed E-state index contributed by atoms with van der Waals surface area (Å²) >= 11 is 6.38. The third-order valence-electron chi connectivity index (χ3n) is 4.42. The van der Waals surface area contributed by atoms with Gasteiger partial charge in [-0.25, -0.2) is 9.78 Å². The van der Waals surface area contributed by atoms with E-state index >= 15 is 0 Å². The summed E-state index contributed by atoms with van der Waals surface area (Å²) in [6.07, 6.45) is 2.76. The summed E-state index contributed by atoms with van der Waals surface area (Å²) in [5.41, 5.74) is 6.26. The Labute approximate surface area is 177 Å². The predicted octanol–water partition coefficient (Wildman–Crippen LogP) is 4.28. The van der Waals surface area contributed by atoms with Crippen molar-refractivity contribution in [2.45, 2.75) is 13.8 Å². The molecule has 10 heteroatoms. The highest BCUT2D eigenvalue weighted by molar-refractivity contribution is 6.32. The van der Waals surface area contributed by atoms with Crippen LogP contribution in [0, 0.1) is 24.0 Å². The zero-order valence-electron chi connectivity index (χ0n) is 16.4. The minimum atomic E-state index is -0.519. The highest BCUT2D eigenvalue weighted by Crippen LogP contribution is 2.27. The fourth-order valence-corrected chi connectivity index (χ4v) is 3.15. The second kappa shape index (κ2) is 8.75. The molecule has 0 saturated heterocycles. The van der Waals surface area contributed by atoms with Crippen LogP contribution < -0.4 is 5.43 Å². The Bertz CT molecular complexity index is 1140. The Morgan fingerprint density at radius 3 is 2.70 bits per heavy atom. The zero-order chi connectivity index (χ0) is 21.8. The standard InChI is InChI=1S/C20H18ClN5O4/c1-12-8-15(10-23-24-19-7-5-16(11-22-19)26(28)29)13(2)25(12)18-9-14(20(27)30-3)4-6-17(18)21/h4-11H,1-3H3,(H,22,24)/b23-10+. The van der Waals surface area contributed by atoms with E-state index in [-0.39, 0.29) is 5.69 Å². The van der Waals surface area contributed by atoms with E-state index < -0.39 is 10.9 Å². The average Bonchev–Trinajstić information content (AvgIpc) is 3.01. The topological polar surface area (TPSA) is 112 Å². The number of nitrogens with zero attached hydrogens (tertiary/aromatic N) is 4. The van der Waals surface area contributed by atoms with Gasteiger partial charge in [0.1, 0.15) is 12.0 Å². The number of hydrogen-bond acceptors (Lipinski definition) is 7. The van der Waals surface area contributed by atoms with Gasteiger partial charge in [0.15, 0.2) is 0 Å². The SMILES string of the molecule is COC(=O)c1ccc(Cl)c(-n2c(C)cc(/C=N/Nc3ccc([N+](=O)[O-])cn3)c2C)c1. The molecule has 1 N–H and O–H groups in total. The average molecular weight is 428 g/mol. The summed E-state index contributed by atoms with van der Waals surface area (Å²) in [6.45, 7) is 3.82. The first-order valence-electron chi connectivity index (χ1n) is 8.78. The van der Waals surface area contributed by atoms with E-state index in [1.54, 1.807) is 24.4 Å². The van der Waals surface area contributed by atoms with E-state index in [9.17, 15) is 14.9 Å². The molecule has 0 radical (unpaired) electrons. The molecule has 2 aromatic heterocycles. The van der Waals surface area contributed by atoms with E-state index in [1.165, 1.54) is 19.2 Å². The van der Waals surface area contributed by atoms with Crippen molar-refractivity contribution in [2.75, 3.05) is 12.5 Å². The van der Waals surface area contributed by atoms with E-state index in [0.717, 1.165) is 23.1 Å². The van der Waals surface area contributed by atoms with E-state index in [0.29, 0.717) is 22.1 Å². The van der Waals surface area contributed by atoms with Gasteiger partial charge in [0.05, 0.1) is 34.5 Å². The number of aryl methyl sites for hydroxylation is 1. The van der Waals surface area contributed by atoms with Crippen molar-refractivity contribution in [3.05, 3.63) is 80.2 Å². The van der Waals surface area contributed by atoms with Gasteiger partial charge in [0.2, 0.25) is 0 Å². The summed E-state index contributed by atoms with van der Waals surface area (Å²) < 4.78 is 6.70. The van der Waals surface area contributed by atoms with Crippen LogP contribution in [-0.2, 0) is 4.74 Å². The molecule has 9 nitrogen and oxygen atoms in total. The molecule has 0 spiro atoms. The molecule has 0 saturated carbocycles. The van der Waals surface area contributed by atoms with Crippen LogP contribution in [0.1, 0.15) is 27.3 Å². The molecule has 0 aliphatic carbocycles. The summed E-state index contributed by atoms with van der Waals surface area (Å²) in [7, 11) is 1.32. The molecular formula is C20H18ClN5O4. The lowest BCUT2D eigenvalue weighted by molar-refractivity contribution is -0.385. The van der Waals surface area contributed by atoms with Crippen molar-refractivity contribution in [3.63, 3.8) is 0 Å². The van der Waals surface area contributed by atoms with Crippen LogP contribution >= 0.6 is 11.6 Å². The van der Waals surface area contributed by atoms with Gasteiger partial charge in [0.25, 0.3) is 5.69 Å². The van der Waals surface area contributed by atoms with E-state index in [4.69, 9.17) is 16.3 Å². The van der Waals surface area contributed by atoms with Crippen LogP contribution in [0.3, 0.4) is 0 Å². The molecule has 0 atom stereocenters. The molecular weight excluding hydrogens is 410 g/mol. The quantitative estimate of drug-likeness (QED) is 0.272. The van der Waals surface area contributed by atoms with Crippen molar-refractivity contribution in [3.8, 4) is 5.69 Å². The van der Waals surface area contributed by atoms with Crippen LogP contribution in [-0.4, -0.2) is 33.8 Å². The number of carbonyl (C=O) groups excluding carboxylic acids is 1. The summed E-state index contributed by atoms with van der Waals surface area (Å²) in [5.74, 6) is -0.0727. The maximum Gasteiger partial charge on any atom is 0.337 e. The number of aromatic nitrogens is 2. The first kappa shape index (κ1) is 21.0. The summed E-state index contributed by atoms with van der Waals surface area (Å²) in [6, 6.07) is 9.66. The van der Waals surface area contributed by atoms with Crippen LogP contribution in [0.15, 0.2) is 47.7 Å². The highest BCUT2D eigenvalue weighted by Gasteiger charge is 2.15. The van der Waals surface area contributed by atoms with Gasteiger partial charge >= 0.3 is 5.97 Å². The monoisotopic (exact) mass is 427 g/mol. The first-order valence-corrected chi connectivity index (χ1v) is 9.16. The molecule has 2 heterocycles. The number of benzene rings is 1. The third-order valence-corrected chi connectivity index (χ3v) is 4.74. The second-order valence-corrected chi connectivity index (χ2v) is 6.76. The molecule has 0 bridgehead atoms. The lowest BCUT2D eigenvalue weighted by Gasteiger charge is -2.13. The number of carbonyl (C=O) groups is 1. The molecule has 154 valence electrons. The molecule has 0 aliphatic heterocycles. The van der Waals surface area contributed by atoms with Gasteiger partial charge in [-0.3, -0.25) is 15.5 Å². The number of esters is 1. The van der Waals surface area contributed by atoms with Crippen molar-refractivity contribution >= 4 is 35.3 Å². The number of pyridine rings is 1. The van der Waals surface area contributed by atoms with Crippen molar-refractivity contribution in [1.29, 1.82) is 0 Å². The summed E-state index contributed by atoms with van der Waals surface area (Å²) in [5, 5.41) is 15.3. The van der Waals surface area contributed by atoms with Crippen LogP contribution in [0.4, 0.5) is 11.5 Å². The smallest absolute Gasteiger partial charge is 0.337 e. The second-order valence-electron chi connectivity index (χ2n) is 6.35. The number of hydrazone groups is 1. The number of hydrogen-bond donors (Lipinski definition) is 1. The van der Waals surface area contributed by atoms with Gasteiger partial charge in [-0.05, 0) is 44.2 Å². The lowest BCUT2D eigenvalue weighted by Crippen LogP contribution is -2.05. The zero-order valence-corrected chi connectivity index (χ0v) is 17.2. The molecule has 30 heavy (non-hydrogen) atoms. The Kier molecular flexibility index (Phi) is 6.12. The third kappa shape index (κ3) is 4.31. The number of nitro groups is 1. The van der Waals surface area contributed by atoms with Crippen LogP contribution in [0.2, 0.25) is 5.02 Å². The number of ether oxygens (including phenoxy) is 1. The van der Waals surface area contributed by atoms with Gasteiger partial charge in [-0.15, -0.1) is 0 Å². The Morgan fingerprint density at radius 2 is 2.07 bits per heavy atom. The fraction of sp³-hybridized carbons (Fsp3) is 0.150. The van der Waals surface area contributed by atoms with Gasteiger partial charge < -0.3 is 9.30 Å². The maximum atomic E-state index is 11.9. The molecule has 0 unspecified atom stereocenters. The number of rotatable bonds is 6. The van der Waals surface area contributed by atoms with Crippen molar-refractivity contribution < 1.29 is 14.5 Å². The number of methoxy groups -OCH3 is 1. The van der Waals surface area contributed by atoms with E-state index in [1.807, 2.05) is 24.5 Å². The summed E-state index contributed by atoms with van der Waals surface area (Å²) in [4.78, 5) is 26.0. The molecule has 3 aromatic rings. The van der Waals surface area contributed by atoms with Crippen molar-refractivity contribution in [2.24, 2.45) is 5.10 Å². The maximum absolute atomic E-state index is 11.9.